The van der Waals surface area contributed by atoms with Gasteiger partial charge in [-0.05, 0) is 40.5 Å². The number of benzene rings is 1. The molecule has 1 aliphatic rings. The van der Waals surface area contributed by atoms with Crippen LogP contribution in [0.5, 0.6) is 0 Å². The van der Waals surface area contributed by atoms with E-state index in [0.717, 1.165) is 8.78 Å². The minimum absolute atomic E-state index is 0.0909. The minimum atomic E-state index is -3.77. The molecule has 0 radical (unpaired) electrons. The van der Waals surface area contributed by atoms with Crippen LogP contribution in [-0.4, -0.2) is 42.4 Å². The van der Waals surface area contributed by atoms with E-state index in [1.807, 2.05) is 0 Å². The summed E-state index contributed by atoms with van der Waals surface area (Å²) in [5.41, 5.74) is 4.19. The lowest BCUT2D eigenvalue weighted by molar-refractivity contribution is -0.142. The average Bonchev–Trinajstić information content (AvgIpc) is 2.73. The van der Waals surface area contributed by atoms with Gasteiger partial charge in [0.2, 0.25) is 10.0 Å². The number of hydrogen-bond acceptors (Lipinski definition) is 4. The first-order valence-corrected chi connectivity index (χ1v) is 8.67. The smallest absolute Gasteiger partial charge is 0.325 e. The van der Waals surface area contributed by atoms with Crippen LogP contribution in [-0.2, 0) is 14.8 Å². The van der Waals surface area contributed by atoms with Gasteiger partial charge in [-0.25, -0.2) is 8.42 Å². The van der Waals surface area contributed by atoms with Gasteiger partial charge in [0.25, 0.3) is 0 Å². The van der Waals surface area contributed by atoms with Crippen molar-refractivity contribution in [3.8, 4) is 0 Å². The molecule has 20 heavy (non-hydrogen) atoms. The molecule has 6 nitrogen and oxygen atoms in total. The highest BCUT2D eigenvalue weighted by atomic mass is 79.9. The maximum absolute atomic E-state index is 12.5. The van der Waals surface area contributed by atoms with Crippen LogP contribution in [0.4, 0.5) is 0 Å². The summed E-state index contributed by atoms with van der Waals surface area (Å²) in [6.45, 7) is -0.138. The number of rotatable bonds is 3. The summed E-state index contributed by atoms with van der Waals surface area (Å²) in [5.74, 6) is -1.19. The van der Waals surface area contributed by atoms with Crippen LogP contribution >= 0.6 is 31.9 Å². The highest BCUT2D eigenvalue weighted by Gasteiger charge is 2.45. The molecule has 1 heterocycles. The topological polar surface area (TPSA) is 101 Å². The zero-order valence-corrected chi connectivity index (χ0v) is 14.2. The van der Waals surface area contributed by atoms with E-state index in [9.17, 15) is 13.2 Å². The molecule has 0 bridgehead atoms. The lowest BCUT2D eigenvalue weighted by atomic mass is 10.0. The highest BCUT2D eigenvalue weighted by molar-refractivity contribution is 9.11. The van der Waals surface area contributed by atoms with E-state index in [1.54, 1.807) is 12.1 Å². The molecule has 1 saturated heterocycles. The van der Waals surface area contributed by atoms with Crippen molar-refractivity contribution in [3.63, 3.8) is 0 Å². The maximum Gasteiger partial charge on any atom is 0.325 e. The van der Waals surface area contributed by atoms with Gasteiger partial charge in [0, 0.05) is 22.0 Å². The summed E-state index contributed by atoms with van der Waals surface area (Å²) >= 11 is 6.45. The van der Waals surface area contributed by atoms with Crippen molar-refractivity contribution in [1.82, 2.24) is 4.31 Å². The Kier molecular flexibility index (Phi) is 4.27. The van der Waals surface area contributed by atoms with Crippen molar-refractivity contribution in [2.45, 2.75) is 16.9 Å². The number of nitrogens with zero attached hydrogens (tertiary/aromatic N) is 1. The zero-order valence-electron chi connectivity index (χ0n) is 10.2. The van der Waals surface area contributed by atoms with Crippen LogP contribution in [0.1, 0.15) is 6.42 Å². The van der Waals surface area contributed by atoms with Crippen molar-refractivity contribution in [2.24, 2.45) is 5.73 Å². The second-order valence-corrected chi connectivity index (χ2v) is 8.30. The standard InChI is InChI=1S/C11H12Br2N2O4S/c12-7-1-2-9(8(13)5-7)20(18,19)15-4-3-11(14,6-15)10(16)17/h1-2,5H,3-4,6,14H2,(H,16,17). The van der Waals surface area contributed by atoms with Gasteiger partial charge in [0.05, 0.1) is 4.90 Å². The Morgan fingerprint density at radius 2 is 2.05 bits per heavy atom. The number of aliphatic carboxylic acids is 1. The van der Waals surface area contributed by atoms with Gasteiger partial charge < -0.3 is 10.8 Å². The fourth-order valence-corrected chi connectivity index (χ4v) is 5.22. The SMILES string of the molecule is NC1(C(=O)O)CCN(S(=O)(=O)c2ccc(Br)cc2Br)C1. The van der Waals surface area contributed by atoms with Crippen LogP contribution in [0.25, 0.3) is 0 Å². The molecule has 1 fully saturated rings. The second kappa shape index (κ2) is 5.38. The summed E-state index contributed by atoms with van der Waals surface area (Å²) in [6, 6.07) is 4.69. The fourth-order valence-electron chi connectivity index (χ4n) is 2.00. The number of sulfonamides is 1. The summed E-state index contributed by atoms with van der Waals surface area (Å²) in [6.07, 6.45) is 0.0930. The summed E-state index contributed by atoms with van der Waals surface area (Å²) in [7, 11) is -3.77. The van der Waals surface area contributed by atoms with Gasteiger partial charge in [-0.1, -0.05) is 15.9 Å². The van der Waals surface area contributed by atoms with Gasteiger partial charge in [-0.2, -0.15) is 4.31 Å². The number of carboxylic acids is 1. The first kappa shape index (κ1) is 15.9. The molecule has 0 spiro atoms. The average molecular weight is 428 g/mol. The molecule has 1 aliphatic heterocycles. The molecule has 0 saturated carbocycles. The Labute approximate surface area is 133 Å². The third-order valence-corrected chi connectivity index (χ3v) is 6.52. The van der Waals surface area contributed by atoms with Crippen LogP contribution in [0.2, 0.25) is 0 Å². The zero-order chi connectivity index (χ0) is 15.1. The van der Waals surface area contributed by atoms with Gasteiger partial charge in [0.1, 0.15) is 5.54 Å². The molecular weight excluding hydrogens is 416 g/mol. The van der Waals surface area contributed by atoms with E-state index in [0.29, 0.717) is 4.47 Å². The third-order valence-electron chi connectivity index (χ3n) is 3.20. The molecule has 3 N–H and O–H groups in total. The van der Waals surface area contributed by atoms with Crippen molar-refractivity contribution in [3.05, 3.63) is 27.1 Å². The molecule has 0 aliphatic carbocycles. The minimum Gasteiger partial charge on any atom is -0.480 e. The lowest BCUT2D eigenvalue weighted by Gasteiger charge is -2.20. The first-order chi connectivity index (χ1) is 9.17. The van der Waals surface area contributed by atoms with Gasteiger partial charge in [-0.15, -0.1) is 0 Å². The molecule has 1 unspecified atom stereocenters. The van der Waals surface area contributed by atoms with E-state index in [1.165, 1.54) is 6.07 Å². The van der Waals surface area contributed by atoms with Crippen molar-refractivity contribution >= 4 is 47.9 Å². The Morgan fingerprint density at radius 3 is 2.55 bits per heavy atom. The Balaban J connectivity index is 2.35. The highest BCUT2D eigenvalue weighted by Crippen LogP contribution is 2.31. The Hall–Kier alpha value is -0.480. The van der Waals surface area contributed by atoms with E-state index in [-0.39, 0.29) is 24.4 Å². The van der Waals surface area contributed by atoms with Crippen molar-refractivity contribution < 1.29 is 18.3 Å². The predicted molar refractivity (Wildman–Crippen MR) is 79.8 cm³/mol. The normalized spacial score (nSPS) is 23.9. The summed E-state index contributed by atoms with van der Waals surface area (Å²) < 4.78 is 27.3. The Bertz CT molecular complexity index is 664. The van der Waals surface area contributed by atoms with E-state index in [4.69, 9.17) is 10.8 Å². The molecule has 0 amide bonds. The fraction of sp³-hybridized carbons (Fsp3) is 0.364. The number of halogens is 2. The van der Waals surface area contributed by atoms with Gasteiger partial charge >= 0.3 is 5.97 Å². The monoisotopic (exact) mass is 426 g/mol. The summed E-state index contributed by atoms with van der Waals surface area (Å²) in [5, 5.41) is 9.06. The number of nitrogens with two attached hydrogens (primary N) is 1. The number of carboxylic acid groups (broad SMARTS) is 1. The predicted octanol–water partition coefficient (Wildman–Crippen LogP) is 1.39. The quantitative estimate of drug-likeness (QED) is 0.758. The molecule has 9 heteroatoms. The van der Waals surface area contributed by atoms with Crippen LogP contribution in [0.3, 0.4) is 0 Å². The molecular formula is C11H12Br2N2O4S. The molecule has 110 valence electrons. The lowest BCUT2D eigenvalue weighted by Crippen LogP contribution is -2.50. The van der Waals surface area contributed by atoms with E-state index < -0.39 is 21.5 Å². The van der Waals surface area contributed by atoms with Crippen molar-refractivity contribution in [1.29, 1.82) is 0 Å². The van der Waals surface area contributed by atoms with E-state index >= 15 is 0 Å². The first-order valence-electron chi connectivity index (χ1n) is 5.64. The molecule has 1 aromatic carbocycles. The Morgan fingerprint density at radius 1 is 1.40 bits per heavy atom. The maximum atomic E-state index is 12.5. The van der Waals surface area contributed by atoms with E-state index in [2.05, 4.69) is 31.9 Å². The number of hydrogen-bond donors (Lipinski definition) is 2. The van der Waals surface area contributed by atoms with Gasteiger partial charge in [-0.3, -0.25) is 4.79 Å². The molecule has 1 aromatic rings. The largest absolute Gasteiger partial charge is 0.480 e. The second-order valence-electron chi connectivity index (χ2n) is 4.62. The number of carbonyl (C=O) groups is 1. The van der Waals surface area contributed by atoms with Gasteiger partial charge in [0.15, 0.2) is 0 Å². The van der Waals surface area contributed by atoms with Crippen LogP contribution in [0.15, 0.2) is 32.0 Å². The van der Waals surface area contributed by atoms with Crippen LogP contribution < -0.4 is 5.73 Å². The third kappa shape index (κ3) is 2.77. The summed E-state index contributed by atoms with van der Waals surface area (Å²) in [4.78, 5) is 11.2. The molecule has 0 aromatic heterocycles. The van der Waals surface area contributed by atoms with Crippen molar-refractivity contribution in [2.75, 3.05) is 13.1 Å². The van der Waals surface area contributed by atoms with Crippen LogP contribution in [0, 0.1) is 0 Å². The molecule has 1 atom stereocenters. The molecule has 2 rings (SSSR count).